The number of para-hydroxylation sites is 1. The van der Waals surface area contributed by atoms with E-state index in [0.29, 0.717) is 5.01 Å². The molecule has 2 fully saturated rings. The predicted molar refractivity (Wildman–Crippen MR) is 93.8 cm³/mol. The quantitative estimate of drug-likeness (QED) is 0.625. The summed E-state index contributed by atoms with van der Waals surface area (Å²) in [6.07, 6.45) is 3.85. The SMILES string of the molecule is C[C@@H]1CCCC[C@H]1N1C(=O)C(=O)N(Cc2nc3ccccc3s2)C1=O. The molecular formula is C18H19N3O3S. The summed E-state index contributed by atoms with van der Waals surface area (Å²) in [5, 5.41) is 0.661. The van der Waals surface area contributed by atoms with Crippen LogP contribution in [0.15, 0.2) is 24.3 Å². The van der Waals surface area contributed by atoms with Gasteiger partial charge in [0.1, 0.15) is 5.01 Å². The number of fused-ring (bicyclic) bond motifs is 1. The molecule has 0 radical (unpaired) electrons. The lowest BCUT2D eigenvalue weighted by molar-refractivity contribution is -0.144. The third-order valence-corrected chi connectivity index (χ3v) is 6.13. The van der Waals surface area contributed by atoms with Crippen LogP contribution >= 0.6 is 11.3 Å². The van der Waals surface area contributed by atoms with E-state index in [1.54, 1.807) is 0 Å². The zero-order chi connectivity index (χ0) is 17.6. The van der Waals surface area contributed by atoms with Gasteiger partial charge in [0.25, 0.3) is 0 Å². The van der Waals surface area contributed by atoms with Gasteiger partial charge in [0.2, 0.25) is 0 Å². The molecule has 2 atom stereocenters. The highest BCUT2D eigenvalue weighted by Crippen LogP contribution is 2.32. The van der Waals surface area contributed by atoms with E-state index in [1.165, 1.54) is 16.2 Å². The van der Waals surface area contributed by atoms with Crippen LogP contribution in [-0.4, -0.2) is 38.7 Å². The Bertz CT molecular complexity index is 829. The van der Waals surface area contributed by atoms with Crippen LogP contribution in [0.3, 0.4) is 0 Å². The Morgan fingerprint density at radius 2 is 1.88 bits per heavy atom. The number of imide groups is 2. The topological polar surface area (TPSA) is 70.6 Å². The van der Waals surface area contributed by atoms with Crippen molar-refractivity contribution in [3.63, 3.8) is 0 Å². The van der Waals surface area contributed by atoms with Crippen molar-refractivity contribution in [1.29, 1.82) is 0 Å². The van der Waals surface area contributed by atoms with Crippen molar-refractivity contribution >= 4 is 39.4 Å². The molecule has 4 rings (SSSR count). The molecule has 1 aliphatic heterocycles. The molecule has 7 heteroatoms. The van der Waals surface area contributed by atoms with Crippen molar-refractivity contribution in [2.45, 2.75) is 45.2 Å². The number of hydrogen-bond donors (Lipinski definition) is 0. The Kier molecular flexibility index (Phi) is 4.03. The van der Waals surface area contributed by atoms with Gasteiger partial charge >= 0.3 is 17.8 Å². The first kappa shape index (κ1) is 16.2. The molecule has 2 aromatic rings. The second-order valence-corrected chi connectivity index (χ2v) is 7.87. The smallest absolute Gasteiger partial charge is 0.263 e. The summed E-state index contributed by atoms with van der Waals surface area (Å²) in [6.45, 7) is 2.10. The maximum Gasteiger partial charge on any atom is 0.334 e. The summed E-state index contributed by atoms with van der Waals surface area (Å²) in [6, 6.07) is 7.00. The van der Waals surface area contributed by atoms with Crippen LogP contribution in [0.1, 0.15) is 37.6 Å². The van der Waals surface area contributed by atoms with Gasteiger partial charge in [-0.05, 0) is 30.9 Å². The molecule has 1 saturated heterocycles. The maximum atomic E-state index is 12.8. The van der Waals surface area contributed by atoms with Gasteiger partial charge in [-0.1, -0.05) is 31.9 Å². The fourth-order valence-electron chi connectivity index (χ4n) is 3.76. The van der Waals surface area contributed by atoms with Crippen molar-refractivity contribution in [2.24, 2.45) is 5.92 Å². The van der Waals surface area contributed by atoms with E-state index in [4.69, 9.17) is 0 Å². The molecule has 1 saturated carbocycles. The van der Waals surface area contributed by atoms with Gasteiger partial charge in [-0.25, -0.2) is 14.7 Å². The molecule has 6 nitrogen and oxygen atoms in total. The Labute approximate surface area is 149 Å². The normalized spacial score (nSPS) is 24.6. The predicted octanol–water partition coefficient (Wildman–Crippen LogP) is 3.17. The third-order valence-electron chi connectivity index (χ3n) is 5.11. The number of carbonyl (C=O) groups excluding carboxylic acids is 3. The number of carbonyl (C=O) groups is 3. The minimum atomic E-state index is -0.734. The van der Waals surface area contributed by atoms with E-state index in [9.17, 15) is 14.4 Å². The number of urea groups is 1. The van der Waals surface area contributed by atoms with Crippen LogP contribution in [0.5, 0.6) is 0 Å². The van der Waals surface area contributed by atoms with Gasteiger partial charge in [-0.15, -0.1) is 11.3 Å². The van der Waals surface area contributed by atoms with Crippen LogP contribution in [0.2, 0.25) is 0 Å². The first-order chi connectivity index (χ1) is 12.1. The molecule has 0 spiro atoms. The summed E-state index contributed by atoms with van der Waals surface area (Å²) in [5.74, 6) is -1.19. The monoisotopic (exact) mass is 357 g/mol. The third kappa shape index (κ3) is 2.72. The summed E-state index contributed by atoms with van der Waals surface area (Å²) < 4.78 is 1.00. The highest BCUT2D eigenvalue weighted by molar-refractivity contribution is 7.18. The Hall–Kier alpha value is -2.28. The van der Waals surface area contributed by atoms with Gasteiger partial charge in [-0.3, -0.25) is 14.5 Å². The summed E-state index contributed by atoms with van der Waals surface area (Å²) in [7, 11) is 0. The second kappa shape index (κ2) is 6.22. The van der Waals surface area contributed by atoms with Gasteiger partial charge in [0.05, 0.1) is 16.8 Å². The second-order valence-electron chi connectivity index (χ2n) is 6.75. The maximum absolute atomic E-state index is 12.8. The van der Waals surface area contributed by atoms with Crippen molar-refractivity contribution in [3.05, 3.63) is 29.3 Å². The highest BCUT2D eigenvalue weighted by Gasteiger charge is 2.49. The number of thiazole rings is 1. The van der Waals surface area contributed by atoms with Gasteiger partial charge < -0.3 is 0 Å². The summed E-state index contributed by atoms with van der Waals surface area (Å²) in [4.78, 5) is 44.3. The average molecular weight is 357 g/mol. The van der Waals surface area contributed by atoms with E-state index in [1.807, 2.05) is 31.2 Å². The summed E-state index contributed by atoms with van der Waals surface area (Å²) in [5.41, 5.74) is 0.839. The molecule has 0 bridgehead atoms. The lowest BCUT2D eigenvalue weighted by Crippen LogP contribution is -2.46. The van der Waals surface area contributed by atoms with Crippen LogP contribution in [0, 0.1) is 5.92 Å². The molecule has 130 valence electrons. The van der Waals surface area contributed by atoms with Crippen LogP contribution in [0.25, 0.3) is 10.2 Å². The molecule has 25 heavy (non-hydrogen) atoms. The lowest BCUT2D eigenvalue weighted by Gasteiger charge is -2.34. The molecule has 0 unspecified atom stereocenters. The van der Waals surface area contributed by atoms with Gasteiger partial charge in [-0.2, -0.15) is 0 Å². The number of aromatic nitrogens is 1. The van der Waals surface area contributed by atoms with E-state index < -0.39 is 17.8 Å². The zero-order valence-electron chi connectivity index (χ0n) is 14.0. The fourth-order valence-corrected chi connectivity index (χ4v) is 4.71. The lowest BCUT2D eigenvalue weighted by atomic mass is 9.85. The van der Waals surface area contributed by atoms with Crippen LogP contribution in [0.4, 0.5) is 4.79 Å². The van der Waals surface area contributed by atoms with Crippen LogP contribution in [-0.2, 0) is 16.1 Å². The van der Waals surface area contributed by atoms with E-state index in [2.05, 4.69) is 4.98 Å². The number of nitrogens with zero attached hydrogens (tertiary/aromatic N) is 3. The minimum Gasteiger partial charge on any atom is -0.263 e. The molecule has 0 N–H and O–H groups in total. The Balaban J connectivity index is 1.58. The number of amides is 4. The molecule has 2 heterocycles. The van der Waals surface area contributed by atoms with Gasteiger partial charge in [0.15, 0.2) is 0 Å². The van der Waals surface area contributed by atoms with Crippen molar-refractivity contribution in [3.8, 4) is 0 Å². The highest BCUT2D eigenvalue weighted by atomic mass is 32.1. The number of benzene rings is 1. The standard InChI is InChI=1S/C18H19N3O3S/c1-11-6-2-4-8-13(11)21-17(23)16(22)20(18(21)24)10-15-19-12-7-3-5-9-14(12)25-15/h3,5,7,9,11,13H,2,4,6,8,10H2,1H3/t11-,13-/m1/s1. The van der Waals surface area contributed by atoms with Crippen molar-refractivity contribution in [1.82, 2.24) is 14.8 Å². The van der Waals surface area contributed by atoms with Crippen molar-refractivity contribution in [2.75, 3.05) is 0 Å². The van der Waals surface area contributed by atoms with E-state index >= 15 is 0 Å². The van der Waals surface area contributed by atoms with E-state index in [-0.39, 0.29) is 18.5 Å². The van der Waals surface area contributed by atoms with Crippen molar-refractivity contribution < 1.29 is 14.4 Å². The molecule has 2 aliphatic rings. The van der Waals surface area contributed by atoms with Crippen LogP contribution < -0.4 is 0 Å². The molecule has 4 amide bonds. The molecule has 1 aromatic carbocycles. The average Bonchev–Trinajstić information content (AvgIpc) is 3.11. The first-order valence-electron chi connectivity index (χ1n) is 8.59. The molecule has 1 aromatic heterocycles. The number of rotatable bonds is 3. The zero-order valence-corrected chi connectivity index (χ0v) is 14.8. The Morgan fingerprint density at radius 1 is 1.12 bits per heavy atom. The minimum absolute atomic E-state index is 0.0559. The van der Waals surface area contributed by atoms with E-state index in [0.717, 1.165) is 40.8 Å². The largest absolute Gasteiger partial charge is 0.334 e. The van der Waals surface area contributed by atoms with Gasteiger partial charge in [0, 0.05) is 6.04 Å². The fraction of sp³-hybridized carbons (Fsp3) is 0.444. The molecular weight excluding hydrogens is 338 g/mol. The molecule has 1 aliphatic carbocycles. The Morgan fingerprint density at radius 3 is 2.64 bits per heavy atom. The summed E-state index contributed by atoms with van der Waals surface area (Å²) >= 11 is 1.44. The number of hydrogen-bond acceptors (Lipinski definition) is 5. The first-order valence-corrected chi connectivity index (χ1v) is 9.41.